The number of hydrogen-bond acceptors (Lipinski definition) is 4. The summed E-state index contributed by atoms with van der Waals surface area (Å²) >= 11 is 0. The Bertz CT molecular complexity index is 432. The fourth-order valence-corrected chi connectivity index (χ4v) is 4.20. The van der Waals surface area contributed by atoms with Crippen LogP contribution in [0, 0.1) is 11.8 Å². The predicted octanol–water partition coefficient (Wildman–Crippen LogP) is 1.91. The van der Waals surface area contributed by atoms with Crippen molar-refractivity contribution in [3.8, 4) is 0 Å². The fourth-order valence-electron chi connectivity index (χ4n) is 3.24. The van der Waals surface area contributed by atoms with Gasteiger partial charge in [0.05, 0.1) is 11.0 Å². The summed E-state index contributed by atoms with van der Waals surface area (Å²) in [5, 5.41) is 3.44. The third-order valence-electron chi connectivity index (χ3n) is 5.36. The molecule has 0 aromatic rings. The maximum Gasteiger partial charge on any atom is 0.153 e. The number of nitrogens with one attached hydrogen (secondary N) is 1. The molecule has 0 bridgehead atoms. The molecule has 0 radical (unpaired) electrons. The predicted molar refractivity (Wildman–Crippen MR) is 88.3 cm³/mol. The van der Waals surface area contributed by atoms with Gasteiger partial charge in [0.15, 0.2) is 9.84 Å². The lowest BCUT2D eigenvalue weighted by molar-refractivity contribution is 0.0918. The SMILES string of the molecule is CCC(C)C1CNC(C2CC2)CN1CCS(=O)(=O)C(C)C. The molecule has 0 amide bonds. The Hall–Kier alpha value is -0.130. The van der Waals surface area contributed by atoms with E-state index < -0.39 is 9.84 Å². The van der Waals surface area contributed by atoms with Gasteiger partial charge in [-0.15, -0.1) is 0 Å². The molecule has 3 unspecified atom stereocenters. The van der Waals surface area contributed by atoms with E-state index in [1.54, 1.807) is 13.8 Å². The minimum absolute atomic E-state index is 0.262. The van der Waals surface area contributed by atoms with Crippen molar-refractivity contribution in [2.45, 2.75) is 64.3 Å². The van der Waals surface area contributed by atoms with Crippen LogP contribution in [0.4, 0.5) is 0 Å². The highest BCUT2D eigenvalue weighted by atomic mass is 32.2. The van der Waals surface area contributed by atoms with Crippen molar-refractivity contribution >= 4 is 9.84 Å². The minimum atomic E-state index is -2.94. The first-order valence-corrected chi connectivity index (χ1v) is 10.3. The van der Waals surface area contributed by atoms with Crippen LogP contribution in [-0.2, 0) is 9.84 Å². The monoisotopic (exact) mass is 316 g/mol. The van der Waals surface area contributed by atoms with Gasteiger partial charge in [0.25, 0.3) is 0 Å². The molecule has 4 nitrogen and oxygen atoms in total. The fraction of sp³-hybridized carbons (Fsp3) is 1.00. The molecule has 2 rings (SSSR count). The second kappa shape index (κ2) is 6.97. The molecule has 0 aromatic heterocycles. The molecule has 1 saturated heterocycles. The van der Waals surface area contributed by atoms with Crippen LogP contribution in [0.3, 0.4) is 0 Å². The van der Waals surface area contributed by atoms with Crippen LogP contribution in [0.5, 0.6) is 0 Å². The average molecular weight is 317 g/mol. The van der Waals surface area contributed by atoms with E-state index in [-0.39, 0.29) is 5.25 Å². The molecular formula is C16H32N2O2S. The van der Waals surface area contributed by atoms with Gasteiger partial charge < -0.3 is 5.32 Å². The molecule has 1 aliphatic heterocycles. The van der Waals surface area contributed by atoms with E-state index >= 15 is 0 Å². The molecule has 5 heteroatoms. The van der Waals surface area contributed by atoms with Crippen LogP contribution in [0.25, 0.3) is 0 Å². The lowest BCUT2D eigenvalue weighted by Crippen LogP contribution is -2.60. The first-order valence-electron chi connectivity index (χ1n) is 8.54. The van der Waals surface area contributed by atoms with Crippen LogP contribution in [-0.4, -0.2) is 56.0 Å². The first-order chi connectivity index (χ1) is 9.85. The van der Waals surface area contributed by atoms with E-state index in [1.807, 2.05) is 0 Å². The van der Waals surface area contributed by atoms with Crippen molar-refractivity contribution in [2.24, 2.45) is 11.8 Å². The van der Waals surface area contributed by atoms with Crippen molar-refractivity contribution in [2.75, 3.05) is 25.4 Å². The molecule has 124 valence electrons. The Morgan fingerprint density at radius 1 is 1.24 bits per heavy atom. The summed E-state index contributed by atoms with van der Waals surface area (Å²) in [6.45, 7) is 10.8. The number of rotatable bonds is 7. The molecule has 1 heterocycles. The van der Waals surface area contributed by atoms with Crippen LogP contribution >= 0.6 is 0 Å². The second-order valence-corrected chi connectivity index (χ2v) is 9.89. The van der Waals surface area contributed by atoms with Crippen molar-refractivity contribution in [3.63, 3.8) is 0 Å². The normalized spacial score (nSPS) is 29.8. The molecule has 0 aromatic carbocycles. The molecule has 2 aliphatic rings. The van der Waals surface area contributed by atoms with Gasteiger partial charge in [0, 0.05) is 31.7 Å². The highest BCUT2D eigenvalue weighted by Crippen LogP contribution is 2.35. The maximum atomic E-state index is 12.1. The Labute approximate surface area is 130 Å². The summed E-state index contributed by atoms with van der Waals surface area (Å²) in [6.07, 6.45) is 3.82. The molecular weight excluding hydrogens is 284 g/mol. The zero-order valence-corrected chi connectivity index (χ0v) is 14.8. The smallest absolute Gasteiger partial charge is 0.153 e. The average Bonchev–Trinajstić information content (AvgIpc) is 3.28. The van der Waals surface area contributed by atoms with E-state index in [2.05, 4.69) is 24.1 Å². The van der Waals surface area contributed by atoms with E-state index in [0.29, 0.717) is 30.3 Å². The lowest BCUT2D eigenvalue weighted by Gasteiger charge is -2.43. The Morgan fingerprint density at radius 3 is 2.43 bits per heavy atom. The topological polar surface area (TPSA) is 49.4 Å². The van der Waals surface area contributed by atoms with Crippen LogP contribution in [0.1, 0.15) is 47.0 Å². The lowest BCUT2D eigenvalue weighted by atomic mass is 9.93. The molecule has 1 saturated carbocycles. The zero-order valence-electron chi connectivity index (χ0n) is 14.0. The van der Waals surface area contributed by atoms with Crippen LogP contribution in [0.2, 0.25) is 0 Å². The Kier molecular flexibility index (Phi) is 5.71. The molecule has 1 N–H and O–H groups in total. The summed E-state index contributed by atoms with van der Waals surface area (Å²) in [4.78, 5) is 2.45. The second-order valence-electron chi connectivity index (χ2n) is 7.22. The summed E-state index contributed by atoms with van der Waals surface area (Å²) in [5.41, 5.74) is 0. The van der Waals surface area contributed by atoms with Gasteiger partial charge in [-0.05, 0) is 38.5 Å². The van der Waals surface area contributed by atoms with E-state index in [1.165, 1.54) is 12.8 Å². The van der Waals surface area contributed by atoms with Crippen LogP contribution in [0.15, 0.2) is 0 Å². The molecule has 21 heavy (non-hydrogen) atoms. The zero-order chi connectivity index (χ0) is 15.6. The van der Waals surface area contributed by atoms with E-state index in [4.69, 9.17) is 0 Å². The van der Waals surface area contributed by atoms with Gasteiger partial charge in [-0.25, -0.2) is 8.42 Å². The van der Waals surface area contributed by atoms with E-state index in [9.17, 15) is 8.42 Å². The summed E-state index contributed by atoms with van der Waals surface area (Å²) in [5.74, 6) is 1.74. The first kappa shape index (κ1) is 17.2. The standard InChI is InChI=1S/C16H32N2O2S/c1-5-13(4)16-10-17-15(14-6-7-14)11-18(16)8-9-21(19,20)12(2)3/h12-17H,5-11H2,1-4H3. The van der Waals surface area contributed by atoms with Gasteiger partial charge in [0.2, 0.25) is 0 Å². The van der Waals surface area contributed by atoms with Crippen molar-refractivity contribution in [1.82, 2.24) is 10.2 Å². The van der Waals surface area contributed by atoms with E-state index in [0.717, 1.165) is 25.4 Å². The number of sulfone groups is 1. The number of nitrogens with zero attached hydrogens (tertiary/aromatic N) is 1. The molecule has 0 spiro atoms. The highest BCUT2D eigenvalue weighted by Gasteiger charge is 2.38. The maximum absolute atomic E-state index is 12.1. The molecule has 1 aliphatic carbocycles. The van der Waals surface area contributed by atoms with Crippen molar-refractivity contribution < 1.29 is 8.42 Å². The minimum Gasteiger partial charge on any atom is -0.311 e. The quantitative estimate of drug-likeness (QED) is 0.779. The largest absolute Gasteiger partial charge is 0.311 e. The van der Waals surface area contributed by atoms with Gasteiger partial charge in [-0.3, -0.25) is 4.90 Å². The Balaban J connectivity index is 1.98. The van der Waals surface area contributed by atoms with Gasteiger partial charge >= 0.3 is 0 Å². The van der Waals surface area contributed by atoms with Crippen LogP contribution < -0.4 is 5.32 Å². The third kappa shape index (κ3) is 4.42. The summed E-state index contributed by atoms with van der Waals surface area (Å²) in [7, 11) is -2.94. The summed E-state index contributed by atoms with van der Waals surface area (Å²) < 4.78 is 24.2. The van der Waals surface area contributed by atoms with Gasteiger partial charge in [-0.2, -0.15) is 0 Å². The number of piperazine rings is 1. The third-order valence-corrected chi connectivity index (χ3v) is 7.55. The van der Waals surface area contributed by atoms with Gasteiger partial charge in [0.1, 0.15) is 0 Å². The Morgan fingerprint density at radius 2 is 1.90 bits per heavy atom. The number of hydrogen-bond donors (Lipinski definition) is 1. The van der Waals surface area contributed by atoms with Crippen molar-refractivity contribution in [3.05, 3.63) is 0 Å². The van der Waals surface area contributed by atoms with Crippen molar-refractivity contribution in [1.29, 1.82) is 0 Å². The summed E-state index contributed by atoms with van der Waals surface area (Å²) in [6, 6.07) is 1.06. The molecule has 3 atom stereocenters. The van der Waals surface area contributed by atoms with Gasteiger partial charge in [-0.1, -0.05) is 20.3 Å². The highest BCUT2D eigenvalue weighted by molar-refractivity contribution is 7.92. The molecule has 2 fully saturated rings.